The van der Waals surface area contributed by atoms with Crippen LogP contribution in [-0.4, -0.2) is 58.3 Å². The topological polar surface area (TPSA) is 121 Å². The van der Waals surface area contributed by atoms with E-state index in [2.05, 4.69) is 0 Å². The van der Waals surface area contributed by atoms with Gasteiger partial charge in [0.2, 0.25) is 0 Å². The molecule has 98 valence electrons. The normalized spacial score (nSPS) is 12.5. The minimum Gasteiger partial charge on any atom is -0.547 e. The van der Waals surface area contributed by atoms with Crippen LogP contribution in [0.15, 0.2) is 0 Å². The largest absolute Gasteiger partial charge is 2.00 e. The van der Waals surface area contributed by atoms with Crippen LogP contribution in [0.3, 0.4) is 0 Å². The van der Waals surface area contributed by atoms with Gasteiger partial charge in [-0.1, -0.05) is 26.7 Å². The summed E-state index contributed by atoms with van der Waals surface area (Å²) in [6.45, 7) is 3.60. The van der Waals surface area contributed by atoms with Gasteiger partial charge in [-0.25, -0.2) is 0 Å². The molecule has 2 radical (unpaired) electrons. The van der Waals surface area contributed by atoms with E-state index >= 15 is 0 Å². The minimum atomic E-state index is -1.38. The van der Waals surface area contributed by atoms with Crippen LogP contribution >= 0.6 is 0 Å². The van der Waals surface area contributed by atoms with E-state index in [0.29, 0.717) is 12.8 Å². The maximum absolute atomic E-state index is 9.73. The first-order chi connectivity index (χ1) is 7.36. The van der Waals surface area contributed by atoms with E-state index in [4.69, 9.17) is 10.2 Å². The van der Waals surface area contributed by atoms with E-state index in [1.54, 1.807) is 13.8 Å². The summed E-state index contributed by atoms with van der Waals surface area (Å²) >= 11 is 0. The van der Waals surface area contributed by atoms with Crippen molar-refractivity contribution in [1.82, 2.24) is 0 Å². The first-order valence-electron chi connectivity index (χ1n) is 5.14. The fraction of sp³-hybridized carbons (Fsp3) is 0.800. The summed E-state index contributed by atoms with van der Waals surface area (Å²) < 4.78 is 0. The average Bonchev–Trinajstić information content (AvgIpc) is 2.19. The number of carboxylic acids is 2. The van der Waals surface area contributed by atoms with E-state index in [1.165, 1.54) is 0 Å². The van der Waals surface area contributed by atoms with Crippen molar-refractivity contribution >= 4 is 35.8 Å². The SMILES string of the molecule is CCCC(O)C(=O)[O-].CCCC(O)C(=O)[O-].[Sn+2]. The summed E-state index contributed by atoms with van der Waals surface area (Å²) in [6, 6.07) is 0. The van der Waals surface area contributed by atoms with E-state index in [-0.39, 0.29) is 36.7 Å². The summed E-state index contributed by atoms with van der Waals surface area (Å²) in [4.78, 5) is 19.5. The van der Waals surface area contributed by atoms with Gasteiger partial charge in [-0.2, -0.15) is 0 Å². The second-order valence-electron chi connectivity index (χ2n) is 3.25. The fourth-order valence-corrected chi connectivity index (χ4v) is 0.783. The van der Waals surface area contributed by atoms with Gasteiger partial charge in [0.1, 0.15) is 0 Å². The zero-order valence-corrected chi connectivity index (χ0v) is 12.9. The molecule has 0 spiro atoms. The Labute approximate surface area is 118 Å². The number of aliphatic hydroxyl groups excluding tert-OH is 2. The molecule has 0 aromatic heterocycles. The first kappa shape index (κ1) is 21.9. The predicted molar refractivity (Wildman–Crippen MR) is 57.6 cm³/mol. The molecule has 2 unspecified atom stereocenters. The number of carbonyl (C=O) groups is 2. The Morgan fingerprint density at radius 1 is 0.941 bits per heavy atom. The molecule has 0 aromatic carbocycles. The molecule has 7 heteroatoms. The molecule has 0 aromatic rings. The molecular formula is C10H18O6Sn. The zero-order valence-electron chi connectivity index (χ0n) is 10.0. The molecule has 0 rings (SSSR count). The zero-order chi connectivity index (χ0) is 13.1. The van der Waals surface area contributed by atoms with Gasteiger partial charge >= 0.3 is 23.9 Å². The van der Waals surface area contributed by atoms with E-state index in [0.717, 1.165) is 0 Å². The second kappa shape index (κ2) is 13.7. The Kier molecular flexibility index (Phi) is 17.7. The summed E-state index contributed by atoms with van der Waals surface area (Å²) in [5.41, 5.74) is 0. The van der Waals surface area contributed by atoms with Crippen LogP contribution in [0, 0.1) is 0 Å². The Morgan fingerprint density at radius 3 is 1.24 bits per heavy atom. The third-order valence-corrected chi connectivity index (χ3v) is 1.67. The quantitative estimate of drug-likeness (QED) is 0.506. The monoisotopic (exact) mass is 354 g/mol. The number of aliphatic carboxylic acids is 2. The van der Waals surface area contributed by atoms with Crippen molar-refractivity contribution in [2.24, 2.45) is 0 Å². The Balaban J connectivity index is -0.000000218. The van der Waals surface area contributed by atoms with Gasteiger partial charge in [-0.05, 0) is 12.8 Å². The van der Waals surface area contributed by atoms with Crippen LogP contribution in [0.1, 0.15) is 39.5 Å². The van der Waals surface area contributed by atoms with Gasteiger partial charge in [0.15, 0.2) is 0 Å². The average molecular weight is 353 g/mol. The van der Waals surface area contributed by atoms with Crippen molar-refractivity contribution in [3.05, 3.63) is 0 Å². The maximum atomic E-state index is 9.73. The molecule has 2 atom stereocenters. The molecule has 0 aliphatic carbocycles. The van der Waals surface area contributed by atoms with Gasteiger partial charge in [0, 0.05) is 0 Å². The maximum Gasteiger partial charge on any atom is 2.00 e. The van der Waals surface area contributed by atoms with Crippen molar-refractivity contribution in [2.75, 3.05) is 0 Å². The number of aliphatic hydroxyl groups is 2. The molecule has 0 amide bonds. The number of carboxylic acid groups (broad SMARTS) is 2. The Morgan fingerprint density at radius 2 is 1.18 bits per heavy atom. The number of rotatable bonds is 6. The molecular weight excluding hydrogens is 335 g/mol. The van der Waals surface area contributed by atoms with Gasteiger partial charge in [-0.15, -0.1) is 0 Å². The molecule has 0 fully saturated rings. The van der Waals surface area contributed by atoms with Gasteiger partial charge in [0.05, 0.1) is 24.1 Å². The summed E-state index contributed by atoms with van der Waals surface area (Å²) in [5, 5.41) is 36.4. The molecule has 0 bridgehead atoms. The summed E-state index contributed by atoms with van der Waals surface area (Å²) in [5.74, 6) is -2.77. The van der Waals surface area contributed by atoms with Crippen molar-refractivity contribution < 1.29 is 30.0 Å². The van der Waals surface area contributed by atoms with Crippen molar-refractivity contribution in [2.45, 2.75) is 51.7 Å². The molecule has 0 heterocycles. The smallest absolute Gasteiger partial charge is 0.547 e. The molecule has 0 saturated carbocycles. The molecule has 6 nitrogen and oxygen atoms in total. The third-order valence-electron chi connectivity index (χ3n) is 1.67. The molecule has 17 heavy (non-hydrogen) atoms. The fourth-order valence-electron chi connectivity index (χ4n) is 0.783. The van der Waals surface area contributed by atoms with E-state index < -0.39 is 24.1 Å². The summed E-state index contributed by atoms with van der Waals surface area (Å²) in [7, 11) is 0. The predicted octanol–water partition coefficient (Wildman–Crippen LogP) is -2.59. The van der Waals surface area contributed by atoms with Crippen LogP contribution in [0.25, 0.3) is 0 Å². The van der Waals surface area contributed by atoms with Crippen molar-refractivity contribution in [1.29, 1.82) is 0 Å². The van der Waals surface area contributed by atoms with Crippen molar-refractivity contribution in [3.8, 4) is 0 Å². The third kappa shape index (κ3) is 15.7. The van der Waals surface area contributed by atoms with E-state index in [9.17, 15) is 19.8 Å². The number of carbonyl (C=O) groups excluding carboxylic acids is 2. The van der Waals surface area contributed by atoms with Gasteiger partial charge < -0.3 is 30.0 Å². The number of hydrogen-bond donors (Lipinski definition) is 2. The standard InChI is InChI=1S/2C5H10O3.Sn/c2*1-2-3-4(6)5(7)8;/h2*4,6H,2-3H2,1H3,(H,7,8);/q;;+2/p-2. The minimum absolute atomic E-state index is 0. The van der Waals surface area contributed by atoms with Crippen molar-refractivity contribution in [3.63, 3.8) is 0 Å². The molecule has 0 aliphatic rings. The van der Waals surface area contributed by atoms with Crippen LogP contribution in [-0.2, 0) is 9.59 Å². The van der Waals surface area contributed by atoms with Crippen LogP contribution in [0.2, 0.25) is 0 Å². The first-order valence-corrected chi connectivity index (χ1v) is 5.14. The Bertz CT molecular complexity index is 187. The van der Waals surface area contributed by atoms with Crippen LogP contribution < -0.4 is 10.2 Å². The van der Waals surface area contributed by atoms with E-state index in [1.807, 2.05) is 0 Å². The molecule has 2 N–H and O–H groups in total. The van der Waals surface area contributed by atoms with Crippen LogP contribution in [0.4, 0.5) is 0 Å². The second-order valence-corrected chi connectivity index (χ2v) is 3.25. The molecule has 0 saturated heterocycles. The van der Waals surface area contributed by atoms with Gasteiger partial charge in [-0.3, -0.25) is 0 Å². The van der Waals surface area contributed by atoms with Crippen LogP contribution in [0.5, 0.6) is 0 Å². The molecule has 0 aliphatic heterocycles. The number of hydrogen-bond acceptors (Lipinski definition) is 6. The summed E-state index contributed by atoms with van der Waals surface area (Å²) in [6.07, 6.45) is -0.672. The Hall–Kier alpha value is -0.341. The van der Waals surface area contributed by atoms with Gasteiger partial charge in [0.25, 0.3) is 0 Å².